The zero-order chi connectivity index (χ0) is 13.9. The van der Waals surface area contributed by atoms with Crippen LogP contribution in [0.4, 0.5) is 0 Å². The zero-order valence-electron chi connectivity index (χ0n) is 11.2. The Labute approximate surface area is 117 Å². The van der Waals surface area contributed by atoms with Gasteiger partial charge in [-0.15, -0.1) is 0 Å². The molecule has 20 heavy (non-hydrogen) atoms. The number of hydrogen-bond acceptors (Lipinski definition) is 3. The molecule has 3 aromatic rings. The van der Waals surface area contributed by atoms with E-state index in [0.29, 0.717) is 0 Å². The fourth-order valence-corrected chi connectivity index (χ4v) is 2.34. The van der Waals surface area contributed by atoms with E-state index >= 15 is 0 Å². The fourth-order valence-electron chi connectivity index (χ4n) is 2.34. The van der Waals surface area contributed by atoms with Gasteiger partial charge in [0.25, 0.3) is 0 Å². The van der Waals surface area contributed by atoms with Crippen molar-refractivity contribution in [3.8, 4) is 11.3 Å². The van der Waals surface area contributed by atoms with Crippen LogP contribution in [0.15, 0.2) is 65.2 Å². The number of aliphatic hydroxyl groups excluding tert-OH is 1. The molecule has 100 valence electrons. The van der Waals surface area contributed by atoms with Gasteiger partial charge in [0.05, 0.1) is 6.10 Å². The summed E-state index contributed by atoms with van der Waals surface area (Å²) < 4.78 is 5.35. The Morgan fingerprint density at radius 3 is 2.70 bits per heavy atom. The average molecular weight is 265 g/mol. The summed E-state index contributed by atoms with van der Waals surface area (Å²) in [6.07, 6.45) is 2.94. The second-order valence-corrected chi connectivity index (χ2v) is 4.59. The van der Waals surface area contributed by atoms with Gasteiger partial charge in [-0.2, -0.15) is 0 Å². The third kappa shape index (κ3) is 2.12. The van der Waals surface area contributed by atoms with Crippen LogP contribution in [0.5, 0.6) is 0 Å². The third-order valence-electron chi connectivity index (χ3n) is 3.29. The van der Waals surface area contributed by atoms with Crippen LogP contribution in [0.2, 0.25) is 0 Å². The van der Waals surface area contributed by atoms with Crippen molar-refractivity contribution in [1.29, 1.82) is 0 Å². The van der Waals surface area contributed by atoms with Crippen LogP contribution in [0, 0.1) is 0 Å². The summed E-state index contributed by atoms with van der Waals surface area (Å²) in [6, 6.07) is 15.4. The number of para-hydroxylation sites is 1. The Morgan fingerprint density at radius 1 is 1.10 bits per heavy atom. The van der Waals surface area contributed by atoms with Crippen LogP contribution in [0.3, 0.4) is 0 Å². The number of hydrogen-bond donors (Lipinski definition) is 1. The normalized spacial score (nSPS) is 13.1. The molecule has 0 saturated carbocycles. The van der Waals surface area contributed by atoms with Crippen molar-refractivity contribution in [3.63, 3.8) is 0 Å². The van der Waals surface area contributed by atoms with Gasteiger partial charge in [0.2, 0.25) is 0 Å². The third-order valence-corrected chi connectivity index (χ3v) is 3.29. The van der Waals surface area contributed by atoms with E-state index in [4.69, 9.17) is 4.52 Å². The molecular formula is C17H15NO2. The molecule has 0 saturated heterocycles. The highest BCUT2D eigenvalue weighted by atomic mass is 16.5. The summed E-state index contributed by atoms with van der Waals surface area (Å²) in [4.78, 5) is 0. The molecule has 3 nitrogen and oxygen atoms in total. The average Bonchev–Trinajstić information content (AvgIpc) is 2.91. The number of benzene rings is 2. The second kappa shape index (κ2) is 5.31. The minimum atomic E-state index is -0.647. The summed E-state index contributed by atoms with van der Waals surface area (Å²) in [5, 5.41) is 15.3. The molecule has 3 heteroatoms. The molecule has 1 heterocycles. The smallest absolute Gasteiger partial charge is 0.167 e. The molecule has 1 N–H and O–H groups in total. The number of aliphatic hydroxyl groups is 1. The van der Waals surface area contributed by atoms with Crippen molar-refractivity contribution in [1.82, 2.24) is 5.16 Å². The van der Waals surface area contributed by atoms with Crippen molar-refractivity contribution in [2.24, 2.45) is 0 Å². The van der Waals surface area contributed by atoms with E-state index in [-0.39, 0.29) is 0 Å². The standard InChI is InChI=1S/C17H15NO2/c1-2-7-15(19)12-8-3-4-9-13(12)17-14-10-5-6-11-16(14)20-18-17/h2-11,15,19H,1H3. The van der Waals surface area contributed by atoms with E-state index in [0.717, 1.165) is 27.8 Å². The van der Waals surface area contributed by atoms with E-state index in [1.807, 2.05) is 61.5 Å². The number of nitrogens with zero attached hydrogens (tertiary/aromatic N) is 1. The Balaban J connectivity index is 2.19. The first-order valence-electron chi connectivity index (χ1n) is 6.56. The van der Waals surface area contributed by atoms with E-state index < -0.39 is 6.10 Å². The van der Waals surface area contributed by atoms with Gasteiger partial charge in [0, 0.05) is 10.9 Å². The van der Waals surface area contributed by atoms with Gasteiger partial charge in [-0.3, -0.25) is 0 Å². The lowest BCUT2D eigenvalue weighted by molar-refractivity contribution is 0.229. The molecule has 2 aromatic carbocycles. The van der Waals surface area contributed by atoms with Crippen molar-refractivity contribution >= 4 is 11.0 Å². The Hall–Kier alpha value is -2.39. The monoisotopic (exact) mass is 265 g/mol. The van der Waals surface area contributed by atoms with Crippen LogP contribution in [0.1, 0.15) is 18.6 Å². The summed E-state index contributed by atoms with van der Waals surface area (Å²) in [5.74, 6) is 0. The van der Waals surface area contributed by atoms with Crippen LogP contribution < -0.4 is 0 Å². The van der Waals surface area contributed by atoms with Crippen molar-refractivity contribution < 1.29 is 9.63 Å². The molecule has 0 bridgehead atoms. The maximum Gasteiger partial charge on any atom is 0.167 e. The van der Waals surface area contributed by atoms with Crippen LogP contribution >= 0.6 is 0 Å². The predicted molar refractivity (Wildman–Crippen MR) is 79.2 cm³/mol. The van der Waals surface area contributed by atoms with Gasteiger partial charge in [-0.1, -0.05) is 53.7 Å². The Kier molecular flexibility index (Phi) is 3.35. The molecule has 0 aliphatic carbocycles. The van der Waals surface area contributed by atoms with Crippen molar-refractivity contribution in [3.05, 3.63) is 66.2 Å². The largest absolute Gasteiger partial charge is 0.384 e. The number of allylic oxidation sites excluding steroid dienone is 1. The first kappa shape index (κ1) is 12.6. The molecule has 0 radical (unpaired) electrons. The van der Waals surface area contributed by atoms with Gasteiger partial charge < -0.3 is 9.63 Å². The highest BCUT2D eigenvalue weighted by Gasteiger charge is 2.16. The molecule has 0 amide bonds. The zero-order valence-corrected chi connectivity index (χ0v) is 11.2. The van der Waals surface area contributed by atoms with Gasteiger partial charge in [-0.05, 0) is 24.6 Å². The lowest BCUT2D eigenvalue weighted by Crippen LogP contribution is -1.96. The van der Waals surface area contributed by atoms with Gasteiger partial charge in [0.15, 0.2) is 5.58 Å². The Morgan fingerprint density at radius 2 is 1.85 bits per heavy atom. The van der Waals surface area contributed by atoms with Crippen LogP contribution in [0.25, 0.3) is 22.2 Å². The number of rotatable bonds is 3. The second-order valence-electron chi connectivity index (χ2n) is 4.59. The predicted octanol–water partition coefficient (Wildman–Crippen LogP) is 4.10. The summed E-state index contributed by atoms with van der Waals surface area (Å²) in [7, 11) is 0. The van der Waals surface area contributed by atoms with Gasteiger partial charge in [-0.25, -0.2) is 0 Å². The van der Waals surface area contributed by atoms with Crippen LogP contribution in [-0.2, 0) is 0 Å². The number of aromatic nitrogens is 1. The lowest BCUT2D eigenvalue weighted by Gasteiger charge is -2.10. The SMILES string of the molecule is CC=CC(O)c1ccccc1-c1noc2ccccc12. The molecule has 0 spiro atoms. The van der Waals surface area contributed by atoms with Crippen molar-refractivity contribution in [2.75, 3.05) is 0 Å². The summed E-state index contributed by atoms with van der Waals surface area (Å²) >= 11 is 0. The molecule has 1 atom stereocenters. The lowest BCUT2D eigenvalue weighted by atomic mass is 9.98. The summed E-state index contributed by atoms with van der Waals surface area (Å²) in [6.45, 7) is 1.89. The first-order chi connectivity index (χ1) is 9.81. The highest BCUT2D eigenvalue weighted by molar-refractivity contribution is 5.92. The maximum absolute atomic E-state index is 10.2. The topological polar surface area (TPSA) is 46.3 Å². The van der Waals surface area contributed by atoms with Gasteiger partial charge in [0.1, 0.15) is 5.69 Å². The van der Waals surface area contributed by atoms with E-state index in [2.05, 4.69) is 5.16 Å². The molecular weight excluding hydrogens is 250 g/mol. The highest BCUT2D eigenvalue weighted by Crippen LogP contribution is 2.33. The molecule has 0 aliphatic rings. The minimum absolute atomic E-state index is 0.647. The quantitative estimate of drug-likeness (QED) is 0.725. The number of fused-ring (bicyclic) bond motifs is 1. The van der Waals surface area contributed by atoms with Crippen LogP contribution in [-0.4, -0.2) is 10.3 Å². The van der Waals surface area contributed by atoms with E-state index in [1.54, 1.807) is 6.08 Å². The fraction of sp³-hybridized carbons (Fsp3) is 0.118. The molecule has 0 fully saturated rings. The van der Waals surface area contributed by atoms with E-state index in [1.165, 1.54) is 0 Å². The van der Waals surface area contributed by atoms with Crippen molar-refractivity contribution in [2.45, 2.75) is 13.0 Å². The molecule has 0 aliphatic heterocycles. The van der Waals surface area contributed by atoms with E-state index in [9.17, 15) is 5.11 Å². The molecule has 1 unspecified atom stereocenters. The molecule has 1 aromatic heterocycles. The first-order valence-corrected chi connectivity index (χ1v) is 6.56. The Bertz CT molecular complexity index is 758. The van der Waals surface area contributed by atoms with Gasteiger partial charge >= 0.3 is 0 Å². The molecule has 3 rings (SSSR count). The maximum atomic E-state index is 10.2. The minimum Gasteiger partial charge on any atom is -0.384 e. The summed E-state index contributed by atoms with van der Waals surface area (Å²) in [5.41, 5.74) is 3.23.